The van der Waals surface area contributed by atoms with Gasteiger partial charge in [-0.05, 0) is 42.3 Å². The standard InChI is InChI=1S/C16H16BrFN2O/c1-2-11-3-6-14(7-4-11)20-16(21)19-10-12-9-13(17)5-8-15(12)18/h3-9H,2,10H2,1H3,(H2,19,20,21). The van der Waals surface area contributed by atoms with Crippen molar-refractivity contribution in [3.8, 4) is 0 Å². The lowest BCUT2D eigenvalue weighted by Gasteiger charge is -2.09. The molecular weight excluding hydrogens is 335 g/mol. The topological polar surface area (TPSA) is 41.1 Å². The van der Waals surface area contributed by atoms with Gasteiger partial charge in [0.05, 0.1) is 0 Å². The van der Waals surface area contributed by atoms with Crippen molar-refractivity contribution in [1.82, 2.24) is 5.32 Å². The lowest BCUT2D eigenvalue weighted by atomic mass is 10.1. The first-order valence-electron chi connectivity index (χ1n) is 6.66. The molecule has 0 radical (unpaired) electrons. The van der Waals surface area contributed by atoms with Crippen LogP contribution in [0.4, 0.5) is 14.9 Å². The molecule has 21 heavy (non-hydrogen) atoms. The Bertz CT molecular complexity index is 629. The molecule has 0 aliphatic heterocycles. The van der Waals surface area contributed by atoms with Crippen LogP contribution in [0.5, 0.6) is 0 Å². The number of aryl methyl sites for hydroxylation is 1. The molecule has 2 N–H and O–H groups in total. The Balaban J connectivity index is 1.91. The Morgan fingerprint density at radius 3 is 2.57 bits per heavy atom. The molecule has 2 amide bonds. The van der Waals surface area contributed by atoms with Crippen LogP contribution in [0.15, 0.2) is 46.9 Å². The van der Waals surface area contributed by atoms with E-state index in [-0.39, 0.29) is 18.4 Å². The van der Waals surface area contributed by atoms with Crippen LogP contribution in [0.25, 0.3) is 0 Å². The highest BCUT2D eigenvalue weighted by molar-refractivity contribution is 9.10. The maximum atomic E-state index is 13.5. The van der Waals surface area contributed by atoms with Crippen molar-refractivity contribution in [2.45, 2.75) is 19.9 Å². The number of hydrogen-bond donors (Lipinski definition) is 2. The number of amides is 2. The number of hydrogen-bond acceptors (Lipinski definition) is 1. The molecule has 3 nitrogen and oxygen atoms in total. The number of urea groups is 1. The van der Waals surface area contributed by atoms with E-state index in [9.17, 15) is 9.18 Å². The van der Waals surface area contributed by atoms with Gasteiger partial charge in [0.15, 0.2) is 0 Å². The Hall–Kier alpha value is -1.88. The highest BCUT2D eigenvalue weighted by Crippen LogP contribution is 2.15. The molecule has 0 aromatic heterocycles. The number of carbonyl (C=O) groups is 1. The van der Waals surface area contributed by atoms with Gasteiger partial charge in [-0.15, -0.1) is 0 Å². The fourth-order valence-electron chi connectivity index (χ4n) is 1.85. The average Bonchev–Trinajstić information content (AvgIpc) is 2.49. The van der Waals surface area contributed by atoms with Gasteiger partial charge in [-0.25, -0.2) is 9.18 Å². The molecule has 0 atom stereocenters. The summed E-state index contributed by atoms with van der Waals surface area (Å²) in [5.41, 5.74) is 2.34. The Labute approximate surface area is 131 Å². The van der Waals surface area contributed by atoms with Crippen LogP contribution < -0.4 is 10.6 Å². The predicted molar refractivity (Wildman–Crippen MR) is 85.8 cm³/mol. The van der Waals surface area contributed by atoms with Crippen molar-refractivity contribution < 1.29 is 9.18 Å². The van der Waals surface area contributed by atoms with E-state index in [0.29, 0.717) is 11.3 Å². The summed E-state index contributed by atoms with van der Waals surface area (Å²) in [5, 5.41) is 5.35. The normalized spacial score (nSPS) is 10.2. The van der Waals surface area contributed by atoms with Gasteiger partial charge >= 0.3 is 6.03 Å². The molecule has 0 aliphatic rings. The minimum absolute atomic E-state index is 0.129. The first kappa shape index (κ1) is 15.5. The fraction of sp³-hybridized carbons (Fsp3) is 0.188. The average molecular weight is 351 g/mol. The van der Waals surface area contributed by atoms with Crippen LogP contribution in [0.1, 0.15) is 18.1 Å². The third-order valence-corrected chi connectivity index (χ3v) is 3.56. The second kappa shape index (κ2) is 7.22. The van der Waals surface area contributed by atoms with E-state index in [1.165, 1.54) is 11.6 Å². The molecule has 0 unspecified atom stereocenters. The van der Waals surface area contributed by atoms with Crippen molar-refractivity contribution in [2.75, 3.05) is 5.32 Å². The maximum Gasteiger partial charge on any atom is 0.319 e. The molecule has 0 saturated carbocycles. The monoisotopic (exact) mass is 350 g/mol. The van der Waals surface area contributed by atoms with Crippen LogP contribution >= 0.6 is 15.9 Å². The van der Waals surface area contributed by atoms with E-state index in [2.05, 4.69) is 33.5 Å². The quantitative estimate of drug-likeness (QED) is 0.838. The van der Waals surface area contributed by atoms with Crippen molar-refractivity contribution >= 4 is 27.6 Å². The molecule has 2 rings (SSSR count). The van der Waals surface area contributed by atoms with Crippen LogP contribution in [-0.2, 0) is 13.0 Å². The summed E-state index contributed by atoms with van der Waals surface area (Å²) in [6.07, 6.45) is 0.953. The van der Waals surface area contributed by atoms with E-state index >= 15 is 0 Å². The van der Waals surface area contributed by atoms with E-state index < -0.39 is 0 Å². The molecule has 0 heterocycles. The van der Waals surface area contributed by atoms with Gasteiger partial charge in [0.25, 0.3) is 0 Å². The lowest BCUT2D eigenvalue weighted by Crippen LogP contribution is -2.28. The van der Waals surface area contributed by atoms with E-state index in [1.54, 1.807) is 12.1 Å². The fourth-order valence-corrected chi connectivity index (χ4v) is 2.26. The van der Waals surface area contributed by atoms with Gasteiger partial charge in [-0.1, -0.05) is 35.0 Å². The molecule has 2 aromatic rings. The number of benzene rings is 2. The van der Waals surface area contributed by atoms with E-state index in [4.69, 9.17) is 0 Å². The Morgan fingerprint density at radius 1 is 1.19 bits per heavy atom. The second-order valence-corrected chi connectivity index (χ2v) is 5.51. The lowest BCUT2D eigenvalue weighted by molar-refractivity contribution is 0.251. The van der Waals surface area contributed by atoms with Gasteiger partial charge in [0.1, 0.15) is 5.82 Å². The molecule has 5 heteroatoms. The van der Waals surface area contributed by atoms with Crippen molar-refractivity contribution in [3.05, 3.63) is 63.9 Å². The van der Waals surface area contributed by atoms with Gasteiger partial charge in [-0.2, -0.15) is 0 Å². The summed E-state index contributed by atoms with van der Waals surface area (Å²) in [6, 6.07) is 11.9. The van der Waals surface area contributed by atoms with Crippen LogP contribution in [0.3, 0.4) is 0 Å². The van der Waals surface area contributed by atoms with E-state index in [0.717, 1.165) is 10.9 Å². The summed E-state index contributed by atoms with van der Waals surface area (Å²) < 4.78 is 14.3. The number of anilines is 1. The third-order valence-electron chi connectivity index (χ3n) is 3.07. The first-order chi connectivity index (χ1) is 10.1. The largest absolute Gasteiger partial charge is 0.334 e. The minimum atomic E-state index is -0.362. The highest BCUT2D eigenvalue weighted by atomic mass is 79.9. The number of rotatable bonds is 4. The molecule has 0 aliphatic carbocycles. The summed E-state index contributed by atoms with van der Waals surface area (Å²) in [6.45, 7) is 2.20. The zero-order chi connectivity index (χ0) is 15.2. The first-order valence-corrected chi connectivity index (χ1v) is 7.45. The summed E-state index contributed by atoms with van der Waals surface area (Å²) >= 11 is 3.28. The second-order valence-electron chi connectivity index (χ2n) is 4.59. The van der Waals surface area contributed by atoms with Crippen LogP contribution in [0.2, 0.25) is 0 Å². The number of nitrogens with one attached hydrogen (secondary N) is 2. The SMILES string of the molecule is CCc1ccc(NC(=O)NCc2cc(Br)ccc2F)cc1. The van der Waals surface area contributed by atoms with Crippen LogP contribution in [0, 0.1) is 5.82 Å². The molecule has 0 spiro atoms. The number of halogens is 2. The number of carbonyl (C=O) groups excluding carboxylic acids is 1. The zero-order valence-electron chi connectivity index (χ0n) is 11.6. The molecule has 0 fully saturated rings. The Kier molecular flexibility index (Phi) is 5.33. The summed E-state index contributed by atoms with van der Waals surface area (Å²) in [4.78, 5) is 11.8. The van der Waals surface area contributed by atoms with Crippen LogP contribution in [-0.4, -0.2) is 6.03 Å². The van der Waals surface area contributed by atoms with Gasteiger partial charge in [0, 0.05) is 22.3 Å². The third kappa shape index (κ3) is 4.56. The van der Waals surface area contributed by atoms with Crippen molar-refractivity contribution in [2.24, 2.45) is 0 Å². The van der Waals surface area contributed by atoms with Gasteiger partial charge < -0.3 is 10.6 Å². The highest BCUT2D eigenvalue weighted by Gasteiger charge is 2.06. The van der Waals surface area contributed by atoms with Gasteiger partial charge in [-0.3, -0.25) is 0 Å². The minimum Gasteiger partial charge on any atom is -0.334 e. The van der Waals surface area contributed by atoms with Gasteiger partial charge in [0.2, 0.25) is 0 Å². The summed E-state index contributed by atoms with van der Waals surface area (Å²) in [5.74, 6) is -0.342. The molecule has 0 saturated heterocycles. The van der Waals surface area contributed by atoms with Crippen molar-refractivity contribution in [1.29, 1.82) is 0 Å². The molecule has 0 bridgehead atoms. The Morgan fingerprint density at radius 2 is 1.90 bits per heavy atom. The maximum absolute atomic E-state index is 13.5. The summed E-state index contributed by atoms with van der Waals surface area (Å²) in [7, 11) is 0. The smallest absolute Gasteiger partial charge is 0.319 e. The predicted octanol–water partition coefficient (Wildman–Crippen LogP) is 4.47. The molecule has 110 valence electrons. The van der Waals surface area contributed by atoms with Crippen molar-refractivity contribution in [3.63, 3.8) is 0 Å². The van der Waals surface area contributed by atoms with E-state index in [1.807, 2.05) is 24.3 Å². The molecule has 2 aromatic carbocycles. The zero-order valence-corrected chi connectivity index (χ0v) is 13.2. The molecular formula is C16H16BrFN2O.